The number of alkyl halides is 2. The predicted molar refractivity (Wildman–Crippen MR) is 81.2 cm³/mol. The highest BCUT2D eigenvalue weighted by Gasteiger charge is 2.77. The number of nitrogens with two attached hydrogens (primary N) is 1. The zero-order valence-electron chi connectivity index (χ0n) is 12.7. The fourth-order valence-electron chi connectivity index (χ4n) is 3.01. The lowest BCUT2D eigenvalue weighted by molar-refractivity contribution is -0.172. The number of rotatable bonds is 5. The van der Waals surface area contributed by atoms with Gasteiger partial charge in [-0.15, -0.1) is 0 Å². The number of carbonyl (C=O) groups excluding carboxylic acids is 1. The Labute approximate surface area is 140 Å². The molecule has 0 radical (unpaired) electrons. The van der Waals surface area contributed by atoms with Crippen LogP contribution < -0.4 is 5.73 Å². The van der Waals surface area contributed by atoms with Gasteiger partial charge in [-0.05, 0) is 42.3 Å². The Kier molecular flexibility index (Phi) is 3.78. The lowest BCUT2D eigenvalue weighted by Crippen LogP contribution is -2.48. The van der Waals surface area contributed by atoms with E-state index in [2.05, 4.69) is 10.7 Å². The number of carboxylic acid groups (broad SMARTS) is 1. The molecule has 1 aliphatic rings. The summed E-state index contributed by atoms with van der Waals surface area (Å²) >= 11 is 0. The van der Waals surface area contributed by atoms with E-state index in [1.54, 1.807) is 0 Å². The van der Waals surface area contributed by atoms with Crippen LogP contribution in [0.15, 0.2) is 42.6 Å². The summed E-state index contributed by atoms with van der Waals surface area (Å²) in [5, 5.41) is 9.23. The van der Waals surface area contributed by atoms with Crippen LogP contribution in [0, 0.1) is 11.2 Å². The van der Waals surface area contributed by atoms with E-state index in [0.717, 1.165) is 0 Å². The van der Waals surface area contributed by atoms with Crippen LogP contribution >= 0.6 is 0 Å². The third-order valence-electron chi connectivity index (χ3n) is 4.54. The summed E-state index contributed by atoms with van der Waals surface area (Å²) in [4.78, 5) is 26.5. The zero-order valence-corrected chi connectivity index (χ0v) is 12.7. The first-order valence-electron chi connectivity index (χ1n) is 7.33. The van der Waals surface area contributed by atoms with Crippen molar-refractivity contribution in [2.45, 2.75) is 18.3 Å². The molecule has 0 bridgehead atoms. The Balaban J connectivity index is 1.90. The number of hydrogen-bond acceptors (Lipinski definition) is 3. The number of pyridine rings is 1. The molecule has 1 amide bonds. The zero-order chi connectivity index (χ0) is 18.4. The molecule has 0 aliphatic heterocycles. The molecule has 0 spiro atoms. The van der Waals surface area contributed by atoms with Gasteiger partial charge in [0, 0.05) is 17.7 Å². The minimum atomic E-state index is -4.17. The molecule has 1 aromatic carbocycles. The van der Waals surface area contributed by atoms with Crippen LogP contribution in [0.4, 0.5) is 13.2 Å². The van der Waals surface area contributed by atoms with Crippen LogP contribution in [-0.4, -0.2) is 27.9 Å². The lowest BCUT2D eigenvalue weighted by atomic mass is 9.92. The summed E-state index contributed by atoms with van der Waals surface area (Å²) in [5.41, 5.74) is 3.52. The van der Waals surface area contributed by atoms with Gasteiger partial charge in [-0.2, -0.15) is 8.78 Å². The van der Waals surface area contributed by atoms with Crippen molar-refractivity contribution in [3.05, 3.63) is 54.0 Å². The normalized spacial score (nSPS) is 22.4. The molecule has 130 valence electrons. The van der Waals surface area contributed by atoms with Crippen molar-refractivity contribution in [2.75, 3.05) is 0 Å². The quantitative estimate of drug-likeness (QED) is 0.867. The van der Waals surface area contributed by atoms with E-state index in [-0.39, 0.29) is 5.56 Å². The van der Waals surface area contributed by atoms with Crippen LogP contribution in [0.2, 0.25) is 0 Å². The van der Waals surface area contributed by atoms with Crippen LogP contribution in [-0.2, 0) is 9.59 Å². The largest absolute Gasteiger partial charge is 0.481 e. The highest BCUT2D eigenvalue weighted by molar-refractivity contribution is 5.94. The fraction of sp³-hybridized carbons (Fsp3) is 0.235. The Morgan fingerprint density at radius 1 is 1.20 bits per heavy atom. The van der Waals surface area contributed by atoms with Crippen LogP contribution in [0.3, 0.4) is 0 Å². The van der Waals surface area contributed by atoms with Crippen LogP contribution in [0.1, 0.15) is 17.9 Å². The van der Waals surface area contributed by atoms with E-state index in [4.69, 9.17) is 0 Å². The molecule has 0 unspecified atom stereocenters. The molecule has 3 rings (SSSR count). The van der Waals surface area contributed by atoms with E-state index in [9.17, 15) is 27.9 Å². The Bertz CT molecular complexity index is 837. The smallest absolute Gasteiger partial charge is 0.340 e. The molecule has 1 saturated carbocycles. The highest BCUT2D eigenvalue weighted by Crippen LogP contribution is 2.66. The Hall–Kier alpha value is -2.90. The van der Waals surface area contributed by atoms with E-state index >= 15 is 0 Å². The molecule has 5 nitrogen and oxygen atoms in total. The molecule has 25 heavy (non-hydrogen) atoms. The van der Waals surface area contributed by atoms with Gasteiger partial charge in [-0.1, -0.05) is 6.07 Å². The molecule has 2 aromatic rings. The van der Waals surface area contributed by atoms with Crippen molar-refractivity contribution < 1.29 is 27.9 Å². The van der Waals surface area contributed by atoms with Gasteiger partial charge in [0.2, 0.25) is 0 Å². The summed E-state index contributed by atoms with van der Waals surface area (Å²) in [6.07, 6.45) is 0.876. The van der Waals surface area contributed by atoms with E-state index in [1.165, 1.54) is 42.6 Å². The summed E-state index contributed by atoms with van der Waals surface area (Å²) < 4.78 is 41.0. The minimum absolute atomic E-state index is 0.272. The number of nitrogens with zero attached hydrogens (tertiary/aromatic N) is 1. The maximum atomic E-state index is 14.0. The second-order valence-electron chi connectivity index (χ2n) is 5.96. The van der Waals surface area contributed by atoms with Gasteiger partial charge in [-0.3, -0.25) is 14.6 Å². The topological polar surface area (TPSA) is 93.3 Å². The third kappa shape index (κ3) is 2.54. The SMILES string of the molecule is NC(=O)C(F)(F)[C@]1(C(=O)O)C[C@H]1c1ccc(-c2ccc(F)cc2)nc1. The van der Waals surface area contributed by atoms with Crippen molar-refractivity contribution in [3.63, 3.8) is 0 Å². The van der Waals surface area contributed by atoms with Crippen molar-refractivity contribution >= 4 is 11.9 Å². The monoisotopic (exact) mass is 350 g/mol. The minimum Gasteiger partial charge on any atom is -0.481 e. The molecule has 3 N–H and O–H groups in total. The van der Waals surface area contributed by atoms with Gasteiger partial charge in [0.15, 0.2) is 0 Å². The summed E-state index contributed by atoms with van der Waals surface area (Å²) in [6, 6.07) is 8.53. The Morgan fingerprint density at radius 3 is 2.32 bits per heavy atom. The van der Waals surface area contributed by atoms with E-state index < -0.39 is 41.4 Å². The molecular formula is C17H13F3N2O3. The molecule has 1 heterocycles. The molecular weight excluding hydrogens is 337 g/mol. The average Bonchev–Trinajstić information content (AvgIpc) is 3.33. The maximum absolute atomic E-state index is 14.0. The van der Waals surface area contributed by atoms with Gasteiger partial charge < -0.3 is 10.8 Å². The van der Waals surface area contributed by atoms with Crippen LogP contribution in [0.5, 0.6) is 0 Å². The number of benzene rings is 1. The first-order chi connectivity index (χ1) is 11.7. The molecule has 1 aromatic heterocycles. The molecule has 0 saturated heterocycles. The number of primary amides is 1. The first kappa shape index (κ1) is 16.9. The van der Waals surface area contributed by atoms with Crippen molar-refractivity contribution in [2.24, 2.45) is 11.1 Å². The van der Waals surface area contributed by atoms with Gasteiger partial charge in [-0.25, -0.2) is 4.39 Å². The van der Waals surface area contributed by atoms with E-state index in [0.29, 0.717) is 11.3 Å². The summed E-state index contributed by atoms with van der Waals surface area (Å²) in [6.45, 7) is 0. The lowest BCUT2D eigenvalue weighted by Gasteiger charge is -2.21. The number of amides is 1. The standard InChI is InChI=1S/C17H13F3N2O3/c18-11-4-1-9(2-5-11)13-6-3-10(8-22-13)12-7-16(12,15(24)25)17(19,20)14(21)23/h1-6,8,12H,7H2,(H2,21,23)(H,24,25)/t12-,16+/m0/s1. The van der Waals surface area contributed by atoms with E-state index in [1.807, 2.05) is 0 Å². The number of halogens is 3. The van der Waals surface area contributed by atoms with Gasteiger partial charge in [0.05, 0.1) is 5.69 Å². The van der Waals surface area contributed by atoms with Crippen molar-refractivity contribution in [1.82, 2.24) is 4.98 Å². The second kappa shape index (κ2) is 5.58. The number of carbonyl (C=O) groups is 2. The summed E-state index contributed by atoms with van der Waals surface area (Å²) in [5.74, 6) is -9.38. The van der Waals surface area contributed by atoms with Crippen molar-refractivity contribution in [1.29, 1.82) is 0 Å². The predicted octanol–water partition coefficient (Wildman–Crippen LogP) is 2.57. The van der Waals surface area contributed by atoms with Gasteiger partial charge in [0.25, 0.3) is 5.91 Å². The number of aliphatic carboxylic acids is 1. The van der Waals surface area contributed by atoms with Gasteiger partial charge in [0.1, 0.15) is 11.2 Å². The highest BCUT2D eigenvalue weighted by atomic mass is 19.3. The maximum Gasteiger partial charge on any atom is 0.340 e. The van der Waals surface area contributed by atoms with Crippen molar-refractivity contribution in [3.8, 4) is 11.3 Å². The number of carboxylic acids is 1. The number of hydrogen-bond donors (Lipinski definition) is 2. The van der Waals surface area contributed by atoms with Gasteiger partial charge >= 0.3 is 11.9 Å². The molecule has 1 aliphatic carbocycles. The third-order valence-corrected chi connectivity index (χ3v) is 4.54. The fourth-order valence-corrected chi connectivity index (χ4v) is 3.01. The molecule has 1 fully saturated rings. The number of aromatic nitrogens is 1. The summed E-state index contributed by atoms with van der Waals surface area (Å²) in [7, 11) is 0. The first-order valence-corrected chi connectivity index (χ1v) is 7.33. The Morgan fingerprint density at radius 2 is 1.84 bits per heavy atom. The van der Waals surface area contributed by atoms with Crippen LogP contribution in [0.25, 0.3) is 11.3 Å². The average molecular weight is 350 g/mol. The molecule has 8 heteroatoms. The molecule has 2 atom stereocenters. The second-order valence-corrected chi connectivity index (χ2v) is 5.96.